The van der Waals surface area contributed by atoms with Crippen LogP contribution in [0.1, 0.15) is 45.8 Å². The van der Waals surface area contributed by atoms with Crippen molar-refractivity contribution in [1.29, 1.82) is 0 Å². The largest absolute Gasteiger partial charge is 0.394 e. The molecule has 2 heterocycles. The minimum atomic E-state index is -0.277. The first-order valence-corrected chi connectivity index (χ1v) is 5.92. The molecule has 0 aromatic carbocycles. The highest BCUT2D eigenvalue weighted by molar-refractivity contribution is 6.00. The van der Waals surface area contributed by atoms with E-state index < -0.39 is 0 Å². The van der Waals surface area contributed by atoms with E-state index in [2.05, 4.69) is 4.98 Å². The molecule has 0 aliphatic carbocycles. The Morgan fingerprint density at radius 1 is 1.29 bits per heavy atom. The minimum absolute atomic E-state index is 0.00495. The molecule has 0 saturated carbocycles. The minimum Gasteiger partial charge on any atom is -0.394 e. The van der Waals surface area contributed by atoms with Crippen molar-refractivity contribution in [3.63, 3.8) is 0 Å². The van der Waals surface area contributed by atoms with Gasteiger partial charge in [-0.05, 0) is 38.8 Å². The van der Waals surface area contributed by atoms with Crippen LogP contribution in [0, 0.1) is 20.8 Å². The van der Waals surface area contributed by atoms with Crippen LogP contribution in [0.4, 0.5) is 0 Å². The zero-order valence-electron chi connectivity index (χ0n) is 10.7. The highest BCUT2D eigenvalue weighted by Crippen LogP contribution is 2.35. The molecule has 1 aliphatic rings. The molecule has 1 aromatic rings. The molecule has 0 spiro atoms. The topological polar surface area (TPSA) is 53.4 Å². The molecule has 1 atom stereocenters. The third kappa shape index (κ3) is 1.55. The molecule has 1 amide bonds. The van der Waals surface area contributed by atoms with Gasteiger partial charge in [0.25, 0.3) is 5.91 Å². The summed E-state index contributed by atoms with van der Waals surface area (Å²) in [7, 11) is 0. The third-order valence-corrected chi connectivity index (χ3v) is 3.70. The highest BCUT2D eigenvalue weighted by atomic mass is 16.3. The van der Waals surface area contributed by atoms with Crippen molar-refractivity contribution in [1.82, 2.24) is 9.88 Å². The van der Waals surface area contributed by atoms with Crippen LogP contribution in [0.25, 0.3) is 0 Å². The average molecular weight is 234 g/mol. The number of rotatable bonds is 2. The Hall–Kier alpha value is -1.42. The predicted octanol–water partition coefficient (Wildman–Crippen LogP) is 1.52. The average Bonchev–Trinajstić information content (AvgIpc) is 2.58. The molecule has 1 N–H and O–H groups in total. The van der Waals surface area contributed by atoms with Gasteiger partial charge in [0.2, 0.25) is 0 Å². The number of fused-ring (bicyclic) bond motifs is 1. The molecule has 1 aliphatic heterocycles. The molecule has 0 saturated heterocycles. The fourth-order valence-electron chi connectivity index (χ4n) is 2.46. The molecule has 2 rings (SSSR count). The molecule has 0 fully saturated rings. The number of hydrogen-bond acceptors (Lipinski definition) is 3. The van der Waals surface area contributed by atoms with Gasteiger partial charge in [0.1, 0.15) is 0 Å². The summed E-state index contributed by atoms with van der Waals surface area (Å²) in [5.74, 6) is -0.00495. The van der Waals surface area contributed by atoms with E-state index in [4.69, 9.17) is 0 Å². The monoisotopic (exact) mass is 234 g/mol. The maximum Gasteiger partial charge on any atom is 0.256 e. The zero-order chi connectivity index (χ0) is 12.7. The Morgan fingerprint density at radius 2 is 1.94 bits per heavy atom. The summed E-state index contributed by atoms with van der Waals surface area (Å²) < 4.78 is 0. The second kappa shape index (κ2) is 4.11. The maximum absolute atomic E-state index is 12.3. The molecule has 1 aromatic heterocycles. The second-order valence-corrected chi connectivity index (χ2v) is 4.50. The van der Waals surface area contributed by atoms with E-state index in [1.54, 1.807) is 4.90 Å². The number of aromatic nitrogens is 1. The van der Waals surface area contributed by atoms with Crippen LogP contribution < -0.4 is 0 Å². The molecule has 0 bridgehead atoms. The van der Waals surface area contributed by atoms with Gasteiger partial charge >= 0.3 is 0 Å². The number of carbonyl (C=O) groups is 1. The van der Waals surface area contributed by atoms with Crippen molar-refractivity contribution < 1.29 is 9.90 Å². The summed E-state index contributed by atoms with van der Waals surface area (Å²) in [6, 6.07) is -0.277. The summed E-state index contributed by atoms with van der Waals surface area (Å²) >= 11 is 0. The van der Waals surface area contributed by atoms with Gasteiger partial charge in [-0.3, -0.25) is 9.78 Å². The number of hydrogen-bond donors (Lipinski definition) is 1. The zero-order valence-corrected chi connectivity index (χ0v) is 10.7. The number of aryl methyl sites for hydroxylation is 1. The summed E-state index contributed by atoms with van der Waals surface area (Å²) in [6.07, 6.45) is 0. The van der Waals surface area contributed by atoms with Crippen molar-refractivity contribution in [2.24, 2.45) is 0 Å². The molecule has 92 valence electrons. The number of aliphatic hydroxyl groups excluding tert-OH is 1. The summed E-state index contributed by atoms with van der Waals surface area (Å²) in [4.78, 5) is 18.4. The first kappa shape index (κ1) is 12.0. The van der Waals surface area contributed by atoms with Crippen molar-refractivity contribution in [2.75, 3.05) is 13.2 Å². The smallest absolute Gasteiger partial charge is 0.256 e. The van der Waals surface area contributed by atoms with Crippen LogP contribution >= 0.6 is 0 Å². The quantitative estimate of drug-likeness (QED) is 0.844. The third-order valence-electron chi connectivity index (χ3n) is 3.70. The van der Waals surface area contributed by atoms with Crippen molar-refractivity contribution in [2.45, 2.75) is 33.7 Å². The molecule has 17 heavy (non-hydrogen) atoms. The van der Waals surface area contributed by atoms with Crippen LogP contribution in [0.15, 0.2) is 0 Å². The van der Waals surface area contributed by atoms with E-state index in [-0.39, 0.29) is 18.6 Å². The lowest BCUT2D eigenvalue weighted by atomic mass is 10.0. The van der Waals surface area contributed by atoms with Gasteiger partial charge in [-0.1, -0.05) is 0 Å². The molecular weight excluding hydrogens is 216 g/mol. The molecule has 0 radical (unpaired) electrons. The number of amides is 1. The predicted molar refractivity (Wildman–Crippen MR) is 65.0 cm³/mol. The van der Waals surface area contributed by atoms with Crippen LogP contribution in [-0.4, -0.2) is 34.0 Å². The van der Waals surface area contributed by atoms with Gasteiger partial charge in [-0.15, -0.1) is 0 Å². The molecule has 4 nitrogen and oxygen atoms in total. The lowest BCUT2D eigenvalue weighted by Gasteiger charge is -2.20. The van der Waals surface area contributed by atoms with E-state index >= 15 is 0 Å². The number of carbonyl (C=O) groups excluding carboxylic acids is 1. The first-order valence-electron chi connectivity index (χ1n) is 5.92. The Kier molecular flexibility index (Phi) is 2.91. The van der Waals surface area contributed by atoms with Gasteiger partial charge in [0.15, 0.2) is 0 Å². The fraction of sp³-hybridized carbons (Fsp3) is 0.538. The number of pyridine rings is 1. The van der Waals surface area contributed by atoms with Gasteiger partial charge < -0.3 is 10.0 Å². The maximum atomic E-state index is 12.3. The first-order chi connectivity index (χ1) is 8.02. The highest BCUT2D eigenvalue weighted by Gasteiger charge is 2.38. The fourth-order valence-corrected chi connectivity index (χ4v) is 2.46. The van der Waals surface area contributed by atoms with Crippen LogP contribution in [0.3, 0.4) is 0 Å². The van der Waals surface area contributed by atoms with E-state index in [0.717, 1.165) is 22.5 Å². The van der Waals surface area contributed by atoms with Gasteiger partial charge in [0.05, 0.1) is 23.9 Å². The van der Waals surface area contributed by atoms with E-state index in [0.29, 0.717) is 12.1 Å². The van der Waals surface area contributed by atoms with Gasteiger partial charge in [-0.2, -0.15) is 0 Å². The molecule has 4 heteroatoms. The van der Waals surface area contributed by atoms with E-state index in [1.807, 2.05) is 27.7 Å². The van der Waals surface area contributed by atoms with Crippen molar-refractivity contribution >= 4 is 5.91 Å². The van der Waals surface area contributed by atoms with Crippen LogP contribution in [0.5, 0.6) is 0 Å². The van der Waals surface area contributed by atoms with Crippen LogP contribution in [0.2, 0.25) is 0 Å². The van der Waals surface area contributed by atoms with E-state index in [1.165, 1.54) is 0 Å². The second-order valence-electron chi connectivity index (χ2n) is 4.50. The lowest BCUT2D eigenvalue weighted by Crippen LogP contribution is -2.29. The Bertz CT molecular complexity index is 483. The summed E-state index contributed by atoms with van der Waals surface area (Å²) in [5.41, 5.74) is 4.41. The summed E-state index contributed by atoms with van der Waals surface area (Å²) in [6.45, 7) is 8.32. The van der Waals surface area contributed by atoms with Crippen molar-refractivity contribution in [3.8, 4) is 0 Å². The van der Waals surface area contributed by atoms with Gasteiger partial charge in [-0.25, -0.2) is 0 Å². The number of nitrogens with zero attached hydrogens (tertiary/aromatic N) is 2. The Labute approximate surface area is 101 Å². The Balaban J connectivity index is 2.67. The van der Waals surface area contributed by atoms with Gasteiger partial charge in [0, 0.05) is 12.2 Å². The molecule has 0 unspecified atom stereocenters. The van der Waals surface area contributed by atoms with E-state index in [9.17, 15) is 9.90 Å². The number of aliphatic hydroxyl groups is 1. The standard InChI is InChI=1S/C13H18N2O2/c1-5-15-10(6-16)12-11(13(15)17)8(3)7(2)9(4)14-12/h10,16H,5-6H2,1-4H3/t10-/m1/s1. The lowest BCUT2D eigenvalue weighted by molar-refractivity contribution is 0.0666. The normalized spacial score (nSPS) is 18.8. The Morgan fingerprint density at radius 3 is 2.47 bits per heavy atom. The molecular formula is C13H18N2O2. The summed E-state index contributed by atoms with van der Waals surface area (Å²) in [5, 5.41) is 9.45. The SMILES string of the molecule is CCN1C(=O)c2c(nc(C)c(C)c2C)[C@H]1CO. The number of likely N-dealkylation sites (N-methyl/N-ethyl adjacent to an activating group) is 1. The van der Waals surface area contributed by atoms with Crippen LogP contribution in [-0.2, 0) is 0 Å². The van der Waals surface area contributed by atoms with Crippen molar-refractivity contribution in [3.05, 3.63) is 28.1 Å².